The van der Waals surface area contributed by atoms with Gasteiger partial charge in [-0.05, 0) is 106 Å². The normalized spacial score (nSPS) is 26.7. The number of hydrogen-bond donors (Lipinski definition) is 0. The summed E-state index contributed by atoms with van der Waals surface area (Å²) in [7, 11) is 0. The van der Waals surface area contributed by atoms with Crippen LogP contribution < -0.4 is 0 Å². The van der Waals surface area contributed by atoms with Crippen LogP contribution in [0, 0.1) is 12.7 Å². The average Bonchev–Trinajstić information content (AvgIpc) is 3.72. The third kappa shape index (κ3) is 5.76. The zero-order valence-electron chi connectivity index (χ0n) is 25.9. The molecule has 7 rings (SSSR count). The first-order valence-corrected chi connectivity index (χ1v) is 17.4. The molecule has 5 heterocycles. The topological polar surface area (TPSA) is 61.7 Å². The molecule has 2 aromatic carbocycles. The monoisotopic (exact) mass is 653 g/mol. The predicted molar refractivity (Wildman–Crippen MR) is 175 cm³/mol. The van der Waals surface area contributed by atoms with E-state index in [0.717, 1.165) is 62.0 Å². The molecular formula is C35H42Cl2FN5O2. The Labute approximate surface area is 274 Å². The smallest absolute Gasteiger partial charge is 0.256 e. The molecule has 0 N–H and O–H groups in total. The molecule has 0 spiro atoms. The fourth-order valence-corrected chi connectivity index (χ4v) is 9.32. The van der Waals surface area contributed by atoms with E-state index in [1.807, 2.05) is 11.0 Å². The number of aryl methyl sites for hydroxylation is 1. The molecule has 240 valence electrons. The maximum atomic E-state index is 14.6. The first-order chi connectivity index (χ1) is 21.7. The Hall–Kier alpha value is -2.68. The van der Waals surface area contributed by atoms with E-state index in [-0.39, 0.29) is 17.1 Å². The largest absolute Gasteiger partial charge is 0.341 e. The number of alkyl halides is 2. The number of carbonyl (C=O) groups is 2. The molecule has 1 unspecified atom stereocenters. The summed E-state index contributed by atoms with van der Waals surface area (Å²) in [5.74, 6) is 0.460. The molecule has 0 radical (unpaired) electrons. The van der Waals surface area contributed by atoms with E-state index >= 15 is 0 Å². The number of amides is 2. The van der Waals surface area contributed by atoms with Crippen LogP contribution in [0.25, 0.3) is 11.0 Å². The third-order valence-corrected chi connectivity index (χ3v) is 11.7. The summed E-state index contributed by atoms with van der Waals surface area (Å²) in [4.78, 5) is 36.1. The molecule has 7 nitrogen and oxygen atoms in total. The van der Waals surface area contributed by atoms with Crippen molar-refractivity contribution >= 4 is 46.0 Å². The second kappa shape index (κ2) is 12.5. The molecule has 4 aliphatic rings. The molecule has 45 heavy (non-hydrogen) atoms. The van der Waals surface area contributed by atoms with E-state index in [2.05, 4.69) is 46.7 Å². The molecule has 2 amide bonds. The van der Waals surface area contributed by atoms with Crippen molar-refractivity contribution in [3.8, 4) is 0 Å². The molecule has 3 aromatic rings. The summed E-state index contributed by atoms with van der Waals surface area (Å²) >= 11 is 11.8. The number of fused-ring (bicyclic) bond motifs is 3. The Morgan fingerprint density at radius 2 is 1.71 bits per heavy atom. The van der Waals surface area contributed by atoms with Crippen LogP contribution in [0.1, 0.15) is 75.2 Å². The molecule has 0 aliphatic carbocycles. The number of rotatable bonds is 7. The minimum absolute atomic E-state index is 0.0230. The predicted octanol–water partition coefficient (Wildman–Crippen LogP) is 6.40. The quantitative estimate of drug-likeness (QED) is 0.277. The van der Waals surface area contributed by atoms with Crippen molar-refractivity contribution in [2.75, 3.05) is 26.2 Å². The van der Waals surface area contributed by atoms with Crippen LogP contribution >= 0.6 is 23.2 Å². The fourth-order valence-electron chi connectivity index (χ4n) is 9.07. The maximum Gasteiger partial charge on any atom is 0.256 e. The van der Waals surface area contributed by atoms with E-state index in [4.69, 9.17) is 28.2 Å². The first kappa shape index (κ1) is 30.9. The molecule has 0 saturated carbocycles. The van der Waals surface area contributed by atoms with Gasteiger partial charge in [-0.3, -0.25) is 14.5 Å². The summed E-state index contributed by atoms with van der Waals surface area (Å²) in [6, 6.07) is 16.5. The Bertz CT molecular complexity index is 1560. The van der Waals surface area contributed by atoms with Crippen molar-refractivity contribution in [3.63, 3.8) is 0 Å². The van der Waals surface area contributed by atoms with Gasteiger partial charge in [0, 0.05) is 37.8 Å². The van der Waals surface area contributed by atoms with Crippen LogP contribution in [0.15, 0.2) is 48.5 Å². The lowest BCUT2D eigenvalue weighted by Gasteiger charge is -2.46. The van der Waals surface area contributed by atoms with E-state index in [0.29, 0.717) is 44.2 Å². The van der Waals surface area contributed by atoms with E-state index in [1.165, 1.54) is 24.4 Å². The molecule has 2 bridgehead atoms. The van der Waals surface area contributed by atoms with Crippen LogP contribution in [0.4, 0.5) is 4.39 Å². The van der Waals surface area contributed by atoms with Gasteiger partial charge in [0.2, 0.25) is 5.91 Å². The lowest BCUT2D eigenvalue weighted by atomic mass is 9.70. The number of halogens is 3. The van der Waals surface area contributed by atoms with Crippen molar-refractivity contribution in [1.29, 1.82) is 0 Å². The first-order valence-electron chi connectivity index (χ1n) is 16.6. The summed E-state index contributed by atoms with van der Waals surface area (Å²) in [5, 5.41) is 0. The van der Waals surface area contributed by atoms with Crippen molar-refractivity contribution in [1.82, 2.24) is 24.3 Å². The SMILES string of the molecule is Cc1nc2ccccc2n1C1C[C@H]2CC[C@@H](C1)N2CCC1(c2cccc(F)c2)CCN(C(=O)[C@@H]2CCCN2C(=O)C(Cl)Cl)CC1. The Morgan fingerprint density at radius 1 is 0.978 bits per heavy atom. The highest BCUT2D eigenvalue weighted by atomic mass is 35.5. The summed E-state index contributed by atoms with van der Waals surface area (Å²) in [5.41, 5.74) is 3.12. The number of nitrogens with zero attached hydrogens (tertiary/aromatic N) is 5. The molecule has 4 fully saturated rings. The number of aromatic nitrogens is 2. The highest BCUT2D eigenvalue weighted by Crippen LogP contribution is 2.45. The van der Waals surface area contributed by atoms with Gasteiger partial charge >= 0.3 is 0 Å². The van der Waals surface area contributed by atoms with Gasteiger partial charge in [-0.15, -0.1) is 0 Å². The van der Waals surface area contributed by atoms with Crippen LogP contribution in [0.2, 0.25) is 0 Å². The Balaban J connectivity index is 1.05. The second-order valence-electron chi connectivity index (χ2n) is 13.6. The number of hydrogen-bond acceptors (Lipinski definition) is 4. The summed E-state index contributed by atoms with van der Waals surface area (Å²) in [6.45, 7) is 4.76. The number of likely N-dealkylation sites (tertiary alicyclic amines) is 2. The maximum absolute atomic E-state index is 14.6. The summed E-state index contributed by atoms with van der Waals surface area (Å²) < 4.78 is 17.1. The third-order valence-electron chi connectivity index (χ3n) is 11.3. The van der Waals surface area contributed by atoms with Gasteiger partial charge < -0.3 is 14.4 Å². The standard InChI is InChI=1S/C35H42Cl2FN5O2/c1-23-39-29-8-2-3-9-30(29)43(23)28-21-26-11-12-27(22-28)41(26)19-15-35(24-6-4-7-25(38)20-24)13-17-40(18-14-35)33(44)31-10-5-16-42(31)34(45)32(36)37/h2-4,6-9,20,26-28,31-32H,5,10-19,21-22H2,1H3/t26-,27+,28?,31-/m0/s1. The van der Waals surface area contributed by atoms with Gasteiger partial charge in [-0.25, -0.2) is 9.37 Å². The van der Waals surface area contributed by atoms with Gasteiger partial charge in [0.25, 0.3) is 5.91 Å². The van der Waals surface area contributed by atoms with Crippen molar-refractivity contribution in [2.45, 2.75) is 99.1 Å². The van der Waals surface area contributed by atoms with E-state index in [1.54, 1.807) is 11.0 Å². The lowest BCUT2D eigenvalue weighted by Crippen LogP contribution is -2.53. The molecule has 1 aromatic heterocycles. The van der Waals surface area contributed by atoms with E-state index < -0.39 is 16.8 Å². The molecule has 4 saturated heterocycles. The van der Waals surface area contributed by atoms with Crippen LogP contribution in [-0.2, 0) is 15.0 Å². The molecule has 4 atom stereocenters. The highest BCUT2D eigenvalue weighted by molar-refractivity contribution is 6.53. The van der Waals surface area contributed by atoms with Gasteiger partial charge in [0.05, 0.1) is 11.0 Å². The minimum atomic E-state index is -1.16. The zero-order chi connectivity index (χ0) is 31.3. The second-order valence-corrected chi connectivity index (χ2v) is 14.7. The zero-order valence-corrected chi connectivity index (χ0v) is 27.4. The fraction of sp³-hybridized carbons (Fsp3) is 0.571. The Kier molecular flexibility index (Phi) is 8.59. The minimum Gasteiger partial charge on any atom is -0.341 e. The van der Waals surface area contributed by atoms with Crippen LogP contribution in [0.5, 0.6) is 0 Å². The number of imidazole rings is 1. The van der Waals surface area contributed by atoms with Gasteiger partial charge in [-0.1, -0.05) is 47.5 Å². The highest BCUT2D eigenvalue weighted by Gasteiger charge is 2.45. The van der Waals surface area contributed by atoms with Gasteiger partial charge in [-0.2, -0.15) is 0 Å². The Morgan fingerprint density at radius 3 is 2.42 bits per heavy atom. The number of benzene rings is 2. The van der Waals surface area contributed by atoms with Crippen molar-refractivity contribution in [3.05, 3.63) is 65.7 Å². The summed E-state index contributed by atoms with van der Waals surface area (Å²) in [6.07, 6.45) is 8.52. The van der Waals surface area contributed by atoms with Crippen LogP contribution in [0.3, 0.4) is 0 Å². The number of para-hydroxylation sites is 2. The lowest BCUT2D eigenvalue weighted by molar-refractivity contribution is -0.144. The molecular weight excluding hydrogens is 612 g/mol. The molecule has 10 heteroatoms. The van der Waals surface area contributed by atoms with Crippen LogP contribution in [-0.4, -0.2) is 85.2 Å². The van der Waals surface area contributed by atoms with Gasteiger partial charge in [0.1, 0.15) is 17.7 Å². The number of piperidine rings is 2. The average molecular weight is 655 g/mol. The van der Waals surface area contributed by atoms with Gasteiger partial charge in [0.15, 0.2) is 4.84 Å². The van der Waals surface area contributed by atoms with E-state index in [9.17, 15) is 14.0 Å². The van der Waals surface area contributed by atoms with Crippen molar-refractivity contribution in [2.24, 2.45) is 0 Å². The molecule has 4 aliphatic heterocycles. The number of carbonyl (C=O) groups excluding carboxylic acids is 2. The van der Waals surface area contributed by atoms with Crippen molar-refractivity contribution < 1.29 is 14.0 Å².